The van der Waals surface area contributed by atoms with Crippen molar-refractivity contribution in [1.29, 1.82) is 0 Å². The van der Waals surface area contributed by atoms with E-state index in [4.69, 9.17) is 4.74 Å². The average molecular weight is 406 g/mol. The predicted octanol–water partition coefficient (Wildman–Crippen LogP) is 4.38. The minimum absolute atomic E-state index is 0.128. The lowest BCUT2D eigenvalue weighted by Gasteiger charge is -2.25. The second kappa shape index (κ2) is 9.31. The van der Waals surface area contributed by atoms with Crippen LogP contribution in [0.3, 0.4) is 0 Å². The Morgan fingerprint density at radius 1 is 1.14 bits per heavy atom. The SMILES string of the molecule is COc1cccc(CN2C(=O)CCC2CCNCc2cccc(C(F)(F)F)c2)c1. The van der Waals surface area contributed by atoms with E-state index in [1.54, 1.807) is 13.2 Å². The molecular weight excluding hydrogens is 381 g/mol. The zero-order valence-electron chi connectivity index (χ0n) is 16.3. The number of nitrogens with zero attached hydrogens (tertiary/aromatic N) is 1. The minimum Gasteiger partial charge on any atom is -0.497 e. The molecule has 0 radical (unpaired) electrons. The third kappa shape index (κ3) is 5.73. The number of hydrogen-bond donors (Lipinski definition) is 1. The van der Waals surface area contributed by atoms with Crippen molar-refractivity contribution < 1.29 is 22.7 Å². The normalized spacial score (nSPS) is 17.0. The standard InChI is InChI=1S/C22H25F3N2O2/c1-29-20-7-3-5-17(13-20)15-27-19(8-9-21(27)28)10-11-26-14-16-4-2-6-18(12-16)22(23,24)25/h2-7,12-13,19,26H,8-11,14-15H2,1H3. The fourth-order valence-corrected chi connectivity index (χ4v) is 3.64. The van der Waals surface area contributed by atoms with Gasteiger partial charge in [-0.05, 0) is 48.7 Å². The van der Waals surface area contributed by atoms with Gasteiger partial charge in [-0.25, -0.2) is 0 Å². The second-order valence-corrected chi connectivity index (χ2v) is 7.23. The molecule has 1 aliphatic heterocycles. The molecule has 156 valence electrons. The molecular formula is C22H25F3N2O2. The van der Waals surface area contributed by atoms with Crippen molar-refractivity contribution in [3.05, 3.63) is 65.2 Å². The van der Waals surface area contributed by atoms with Crippen LogP contribution < -0.4 is 10.1 Å². The lowest BCUT2D eigenvalue weighted by Crippen LogP contribution is -2.34. The Morgan fingerprint density at radius 2 is 1.90 bits per heavy atom. The molecule has 0 aromatic heterocycles. The molecule has 1 N–H and O–H groups in total. The van der Waals surface area contributed by atoms with Gasteiger partial charge in [0.15, 0.2) is 0 Å². The summed E-state index contributed by atoms with van der Waals surface area (Å²) >= 11 is 0. The van der Waals surface area contributed by atoms with Gasteiger partial charge >= 0.3 is 6.18 Å². The Bertz CT molecular complexity index is 839. The van der Waals surface area contributed by atoms with Crippen molar-refractivity contribution in [2.45, 2.75) is 44.6 Å². The zero-order valence-corrected chi connectivity index (χ0v) is 16.3. The van der Waals surface area contributed by atoms with E-state index in [2.05, 4.69) is 5.32 Å². The summed E-state index contributed by atoms with van der Waals surface area (Å²) < 4.78 is 43.6. The molecule has 0 saturated carbocycles. The van der Waals surface area contributed by atoms with E-state index in [-0.39, 0.29) is 11.9 Å². The molecule has 1 saturated heterocycles. The van der Waals surface area contributed by atoms with Gasteiger partial charge in [-0.3, -0.25) is 4.79 Å². The van der Waals surface area contributed by atoms with Crippen molar-refractivity contribution in [2.75, 3.05) is 13.7 Å². The zero-order chi connectivity index (χ0) is 20.9. The summed E-state index contributed by atoms with van der Waals surface area (Å²) in [5.41, 5.74) is 0.972. The molecule has 1 atom stereocenters. The number of methoxy groups -OCH3 is 1. The summed E-state index contributed by atoms with van der Waals surface area (Å²) in [4.78, 5) is 14.2. The third-order valence-corrected chi connectivity index (χ3v) is 5.18. The van der Waals surface area contributed by atoms with Crippen LogP contribution in [0.4, 0.5) is 13.2 Å². The highest BCUT2D eigenvalue weighted by Crippen LogP contribution is 2.29. The summed E-state index contributed by atoms with van der Waals surface area (Å²) in [5.74, 6) is 0.893. The van der Waals surface area contributed by atoms with E-state index in [9.17, 15) is 18.0 Å². The van der Waals surface area contributed by atoms with Crippen LogP contribution in [0.1, 0.15) is 36.0 Å². The first-order valence-electron chi connectivity index (χ1n) is 9.66. The number of carbonyl (C=O) groups is 1. The van der Waals surface area contributed by atoms with Crippen LogP contribution in [0.25, 0.3) is 0 Å². The Morgan fingerprint density at radius 3 is 2.66 bits per heavy atom. The maximum absolute atomic E-state index is 12.8. The molecule has 29 heavy (non-hydrogen) atoms. The van der Waals surface area contributed by atoms with Crippen molar-refractivity contribution in [2.24, 2.45) is 0 Å². The fourth-order valence-electron chi connectivity index (χ4n) is 3.64. The molecule has 4 nitrogen and oxygen atoms in total. The molecule has 0 spiro atoms. The van der Waals surface area contributed by atoms with E-state index in [1.807, 2.05) is 29.2 Å². The topological polar surface area (TPSA) is 41.6 Å². The number of halogens is 3. The highest BCUT2D eigenvalue weighted by atomic mass is 19.4. The van der Waals surface area contributed by atoms with E-state index in [1.165, 1.54) is 12.1 Å². The van der Waals surface area contributed by atoms with Crippen LogP contribution in [0.15, 0.2) is 48.5 Å². The molecule has 1 unspecified atom stereocenters. The first kappa shape index (κ1) is 21.2. The first-order valence-corrected chi connectivity index (χ1v) is 9.66. The van der Waals surface area contributed by atoms with Gasteiger partial charge in [0.1, 0.15) is 5.75 Å². The maximum Gasteiger partial charge on any atom is 0.416 e. The number of ether oxygens (including phenoxy) is 1. The Hall–Kier alpha value is -2.54. The smallest absolute Gasteiger partial charge is 0.416 e. The van der Waals surface area contributed by atoms with Crippen LogP contribution >= 0.6 is 0 Å². The molecule has 1 amide bonds. The number of rotatable bonds is 8. The molecule has 0 aliphatic carbocycles. The van der Waals surface area contributed by atoms with E-state index >= 15 is 0 Å². The number of amides is 1. The average Bonchev–Trinajstić information content (AvgIpc) is 3.04. The summed E-state index contributed by atoms with van der Waals surface area (Å²) in [7, 11) is 1.61. The Labute approximate surface area is 168 Å². The van der Waals surface area contributed by atoms with Crippen molar-refractivity contribution in [3.8, 4) is 5.75 Å². The lowest BCUT2D eigenvalue weighted by molar-refractivity contribution is -0.137. The number of nitrogens with one attached hydrogen (secondary N) is 1. The molecule has 0 bridgehead atoms. The van der Waals surface area contributed by atoms with Crippen LogP contribution in [0.5, 0.6) is 5.75 Å². The summed E-state index contributed by atoms with van der Waals surface area (Å²) in [6.07, 6.45) is -2.24. The molecule has 1 aliphatic rings. The Balaban J connectivity index is 1.51. The van der Waals surface area contributed by atoms with Crippen LogP contribution in [-0.4, -0.2) is 30.5 Å². The lowest BCUT2D eigenvalue weighted by atomic mass is 10.1. The number of likely N-dealkylation sites (tertiary alicyclic amines) is 1. The number of alkyl halides is 3. The summed E-state index contributed by atoms with van der Waals surface area (Å²) in [6.45, 7) is 1.53. The van der Waals surface area contributed by atoms with Crippen molar-refractivity contribution in [3.63, 3.8) is 0 Å². The predicted molar refractivity (Wildman–Crippen MR) is 104 cm³/mol. The largest absolute Gasteiger partial charge is 0.497 e. The van der Waals surface area contributed by atoms with Crippen LogP contribution in [0.2, 0.25) is 0 Å². The monoisotopic (exact) mass is 406 g/mol. The quantitative estimate of drug-likeness (QED) is 0.662. The third-order valence-electron chi connectivity index (χ3n) is 5.18. The van der Waals surface area contributed by atoms with Gasteiger partial charge < -0.3 is 15.0 Å². The summed E-state index contributed by atoms with van der Waals surface area (Å²) in [5, 5.41) is 3.20. The van der Waals surface area contributed by atoms with Gasteiger partial charge in [-0.15, -0.1) is 0 Å². The number of hydrogen-bond acceptors (Lipinski definition) is 3. The van der Waals surface area contributed by atoms with E-state index < -0.39 is 11.7 Å². The molecule has 1 fully saturated rings. The van der Waals surface area contributed by atoms with Gasteiger partial charge in [0, 0.05) is 25.6 Å². The van der Waals surface area contributed by atoms with Gasteiger partial charge in [0.2, 0.25) is 5.91 Å². The number of benzene rings is 2. The maximum atomic E-state index is 12.8. The van der Waals surface area contributed by atoms with Crippen molar-refractivity contribution in [1.82, 2.24) is 10.2 Å². The van der Waals surface area contributed by atoms with Crippen molar-refractivity contribution >= 4 is 5.91 Å². The highest BCUT2D eigenvalue weighted by molar-refractivity contribution is 5.78. The van der Waals surface area contributed by atoms with Gasteiger partial charge in [0.25, 0.3) is 0 Å². The van der Waals surface area contributed by atoms with Crippen LogP contribution in [-0.2, 0) is 24.1 Å². The van der Waals surface area contributed by atoms with E-state index in [0.29, 0.717) is 31.6 Å². The van der Waals surface area contributed by atoms with Gasteiger partial charge in [-0.2, -0.15) is 13.2 Å². The second-order valence-electron chi connectivity index (χ2n) is 7.23. The first-order chi connectivity index (χ1) is 13.9. The minimum atomic E-state index is -4.33. The molecule has 7 heteroatoms. The number of carbonyl (C=O) groups excluding carboxylic acids is 1. The van der Waals surface area contributed by atoms with Gasteiger partial charge in [-0.1, -0.05) is 30.3 Å². The highest BCUT2D eigenvalue weighted by Gasteiger charge is 2.31. The molecule has 1 heterocycles. The molecule has 2 aromatic rings. The van der Waals surface area contributed by atoms with E-state index in [0.717, 1.165) is 30.2 Å². The molecule has 3 rings (SSSR count). The van der Waals surface area contributed by atoms with Crippen LogP contribution in [0, 0.1) is 0 Å². The summed E-state index contributed by atoms with van der Waals surface area (Å²) in [6, 6.07) is 13.1. The van der Waals surface area contributed by atoms with Gasteiger partial charge in [0.05, 0.1) is 12.7 Å². The Kier molecular flexibility index (Phi) is 6.79. The fraction of sp³-hybridized carbons (Fsp3) is 0.409. The molecule has 2 aromatic carbocycles.